The number of nitrogens with zero attached hydrogens (tertiary/aromatic N) is 4. The van der Waals surface area contributed by atoms with Gasteiger partial charge in [-0.05, 0) is 13.0 Å². The van der Waals surface area contributed by atoms with E-state index in [1.54, 1.807) is 17.5 Å². The quantitative estimate of drug-likeness (QED) is 0.662. The van der Waals surface area contributed by atoms with Gasteiger partial charge in [0.15, 0.2) is 5.65 Å². The highest BCUT2D eigenvalue weighted by Crippen LogP contribution is 2.19. The Hall–Kier alpha value is -1.17. The van der Waals surface area contributed by atoms with Crippen molar-refractivity contribution in [2.75, 3.05) is 5.88 Å². The first-order valence-electron chi connectivity index (χ1n) is 6.65. The molecule has 0 aliphatic carbocycles. The lowest BCUT2D eigenvalue weighted by molar-refractivity contribution is 0.662. The van der Waals surface area contributed by atoms with E-state index in [0.29, 0.717) is 17.3 Å². The van der Waals surface area contributed by atoms with Crippen LogP contribution in [0.3, 0.4) is 0 Å². The minimum atomic E-state index is 0.535. The van der Waals surface area contributed by atoms with Gasteiger partial charge in [0.25, 0.3) is 0 Å². The fourth-order valence-electron chi connectivity index (χ4n) is 2.29. The number of fused-ring (bicyclic) bond motifs is 1. The normalized spacial score (nSPS) is 11.4. The zero-order valence-corrected chi connectivity index (χ0v) is 13.8. The highest BCUT2D eigenvalue weighted by atomic mass is 35.5. The summed E-state index contributed by atoms with van der Waals surface area (Å²) in [4.78, 5) is 13.5. The van der Waals surface area contributed by atoms with Crippen LogP contribution in [0.15, 0.2) is 17.6 Å². The predicted molar refractivity (Wildman–Crippen MR) is 87.5 cm³/mol. The molecule has 0 bridgehead atoms. The third-order valence-corrected chi connectivity index (χ3v) is 4.42. The number of rotatable bonds is 5. The van der Waals surface area contributed by atoms with E-state index >= 15 is 0 Å². The van der Waals surface area contributed by atoms with Crippen LogP contribution in [0.4, 0.5) is 0 Å². The Morgan fingerprint density at radius 2 is 2.14 bits per heavy atom. The van der Waals surface area contributed by atoms with Crippen molar-refractivity contribution in [2.45, 2.75) is 26.3 Å². The van der Waals surface area contributed by atoms with Crippen molar-refractivity contribution in [2.24, 2.45) is 0 Å². The van der Waals surface area contributed by atoms with Gasteiger partial charge in [0.05, 0.1) is 15.7 Å². The molecule has 0 saturated carbocycles. The molecule has 3 heterocycles. The summed E-state index contributed by atoms with van der Waals surface area (Å²) in [5.41, 5.74) is 2.77. The second-order valence-electron chi connectivity index (χ2n) is 4.72. The molecule has 0 amide bonds. The van der Waals surface area contributed by atoms with Gasteiger partial charge in [-0.3, -0.25) is 0 Å². The van der Waals surface area contributed by atoms with Gasteiger partial charge in [0.2, 0.25) is 0 Å². The Labute approximate surface area is 136 Å². The van der Waals surface area contributed by atoms with Crippen LogP contribution in [0, 0.1) is 6.92 Å². The van der Waals surface area contributed by atoms with Gasteiger partial charge in [-0.2, -0.15) is 0 Å². The Bertz CT molecular complexity index is 766. The lowest BCUT2D eigenvalue weighted by atomic mass is 10.3. The van der Waals surface area contributed by atoms with Crippen LogP contribution in [0.2, 0.25) is 5.02 Å². The summed E-state index contributed by atoms with van der Waals surface area (Å²) in [5.74, 6) is 1.48. The maximum atomic E-state index is 5.99. The largest absolute Gasteiger partial charge is 0.312 e. The smallest absolute Gasteiger partial charge is 0.160 e. The number of aryl methyl sites for hydroxylation is 4. The van der Waals surface area contributed by atoms with Gasteiger partial charge in [-0.25, -0.2) is 15.0 Å². The average molecular weight is 341 g/mol. The summed E-state index contributed by atoms with van der Waals surface area (Å²) < 4.78 is 2.11. The standard InChI is InChI=1S/C14H14Cl2N4S/c1-9-18-11(8-21-9)3-5-20-13(2-4-15)19-12-6-10(16)7-17-14(12)20/h6-8H,2-5H2,1H3. The monoisotopic (exact) mass is 340 g/mol. The van der Waals surface area contributed by atoms with Crippen LogP contribution in [0.1, 0.15) is 16.5 Å². The molecule has 0 spiro atoms. The van der Waals surface area contributed by atoms with E-state index in [1.807, 2.05) is 13.0 Å². The second-order valence-corrected chi connectivity index (χ2v) is 6.60. The topological polar surface area (TPSA) is 43.6 Å². The summed E-state index contributed by atoms with van der Waals surface area (Å²) >= 11 is 13.5. The molecule has 0 atom stereocenters. The number of thiazole rings is 1. The molecule has 4 nitrogen and oxygen atoms in total. The van der Waals surface area contributed by atoms with Crippen molar-refractivity contribution in [1.82, 2.24) is 19.5 Å². The van der Waals surface area contributed by atoms with E-state index in [2.05, 4.69) is 24.9 Å². The molecule has 0 radical (unpaired) electrons. The van der Waals surface area contributed by atoms with Crippen LogP contribution in [-0.4, -0.2) is 25.4 Å². The Kier molecular flexibility index (Phi) is 4.42. The molecule has 3 rings (SSSR count). The van der Waals surface area contributed by atoms with E-state index < -0.39 is 0 Å². The van der Waals surface area contributed by atoms with E-state index in [9.17, 15) is 0 Å². The molecule has 0 aromatic carbocycles. The van der Waals surface area contributed by atoms with Crippen LogP contribution >= 0.6 is 34.5 Å². The van der Waals surface area contributed by atoms with Crippen molar-refractivity contribution < 1.29 is 0 Å². The number of hydrogen-bond acceptors (Lipinski definition) is 4. The van der Waals surface area contributed by atoms with Gasteiger partial charge in [0.1, 0.15) is 11.3 Å². The highest BCUT2D eigenvalue weighted by Gasteiger charge is 2.12. The maximum absolute atomic E-state index is 5.99. The predicted octanol–water partition coefficient (Wildman–Crippen LogP) is 3.87. The lowest BCUT2D eigenvalue weighted by Gasteiger charge is -2.06. The fraction of sp³-hybridized carbons (Fsp3) is 0.357. The first-order valence-corrected chi connectivity index (χ1v) is 8.44. The first-order chi connectivity index (χ1) is 10.2. The zero-order chi connectivity index (χ0) is 14.8. The van der Waals surface area contributed by atoms with Gasteiger partial charge in [-0.15, -0.1) is 22.9 Å². The van der Waals surface area contributed by atoms with Crippen LogP contribution < -0.4 is 0 Å². The van der Waals surface area contributed by atoms with Crippen molar-refractivity contribution in [3.8, 4) is 0 Å². The minimum absolute atomic E-state index is 0.535. The molecule has 110 valence electrons. The van der Waals surface area contributed by atoms with Crippen molar-refractivity contribution in [1.29, 1.82) is 0 Å². The molecule has 0 aliphatic rings. The number of pyridine rings is 1. The summed E-state index contributed by atoms with van der Waals surface area (Å²) in [6, 6.07) is 1.84. The van der Waals surface area contributed by atoms with Crippen molar-refractivity contribution in [3.05, 3.63) is 39.2 Å². The summed E-state index contributed by atoms with van der Waals surface area (Å²) in [6.45, 7) is 2.81. The van der Waals surface area contributed by atoms with E-state index in [1.165, 1.54) is 0 Å². The third kappa shape index (κ3) is 3.20. The molecule has 0 N–H and O–H groups in total. The molecule has 3 aromatic heterocycles. The Balaban J connectivity index is 1.92. The number of hydrogen-bond donors (Lipinski definition) is 0. The van der Waals surface area contributed by atoms with Crippen LogP contribution in [0.25, 0.3) is 11.2 Å². The van der Waals surface area contributed by atoms with Crippen molar-refractivity contribution in [3.63, 3.8) is 0 Å². The zero-order valence-electron chi connectivity index (χ0n) is 11.5. The second kappa shape index (κ2) is 6.30. The molecule has 21 heavy (non-hydrogen) atoms. The molecule has 3 aromatic rings. The summed E-state index contributed by atoms with van der Waals surface area (Å²) in [6.07, 6.45) is 3.22. The summed E-state index contributed by atoms with van der Waals surface area (Å²) in [5, 5.41) is 3.78. The number of aromatic nitrogens is 4. The summed E-state index contributed by atoms with van der Waals surface area (Å²) in [7, 11) is 0. The number of imidazole rings is 1. The Morgan fingerprint density at radius 3 is 2.86 bits per heavy atom. The highest BCUT2D eigenvalue weighted by molar-refractivity contribution is 7.09. The van der Waals surface area contributed by atoms with Gasteiger partial charge >= 0.3 is 0 Å². The van der Waals surface area contributed by atoms with Crippen LogP contribution in [-0.2, 0) is 19.4 Å². The molecule has 0 fully saturated rings. The molecule has 0 unspecified atom stereocenters. The molecular formula is C14H14Cl2N4S. The molecule has 0 saturated heterocycles. The molecule has 7 heteroatoms. The van der Waals surface area contributed by atoms with E-state index in [0.717, 1.165) is 40.7 Å². The number of alkyl halides is 1. The van der Waals surface area contributed by atoms with E-state index in [4.69, 9.17) is 23.2 Å². The maximum Gasteiger partial charge on any atom is 0.160 e. The van der Waals surface area contributed by atoms with Crippen molar-refractivity contribution >= 4 is 45.7 Å². The van der Waals surface area contributed by atoms with Gasteiger partial charge < -0.3 is 4.57 Å². The van der Waals surface area contributed by atoms with Crippen LogP contribution in [0.5, 0.6) is 0 Å². The van der Waals surface area contributed by atoms with Gasteiger partial charge in [-0.1, -0.05) is 11.6 Å². The third-order valence-electron chi connectivity index (χ3n) is 3.21. The SMILES string of the molecule is Cc1nc(CCn2c(CCCl)nc3cc(Cl)cnc32)cs1. The lowest BCUT2D eigenvalue weighted by Crippen LogP contribution is -2.08. The average Bonchev–Trinajstić information content (AvgIpc) is 3.00. The Morgan fingerprint density at radius 1 is 1.29 bits per heavy atom. The van der Waals surface area contributed by atoms with E-state index in [-0.39, 0.29) is 0 Å². The van der Waals surface area contributed by atoms with Gasteiger partial charge in [0, 0.05) is 36.8 Å². The number of halogens is 2. The molecular weight excluding hydrogens is 327 g/mol. The first kappa shape index (κ1) is 14.8. The minimum Gasteiger partial charge on any atom is -0.312 e. The fourth-order valence-corrected chi connectivity index (χ4v) is 3.26. The molecule has 0 aliphatic heterocycles.